The average molecular weight is 266 g/mol. The predicted molar refractivity (Wildman–Crippen MR) is 78.2 cm³/mol. The van der Waals surface area contributed by atoms with E-state index in [0.717, 1.165) is 18.4 Å². The zero-order chi connectivity index (χ0) is 13.5. The topological polar surface area (TPSA) is 32.8 Å². The molecule has 1 saturated carbocycles. The maximum Gasteiger partial charge on any atom is 0.0845 e. The van der Waals surface area contributed by atoms with Crippen LogP contribution in [0.2, 0.25) is 0 Å². The highest BCUT2D eigenvalue weighted by Crippen LogP contribution is 2.47. The Morgan fingerprint density at radius 1 is 0.850 bits per heavy atom. The molecule has 4 atom stereocenters. The SMILES string of the molecule is O[C@@H](c1ccc(-c2ccccc2)cc1)[C@H]1C[C@@H]2O[C@@H]2C1. The molecule has 0 radical (unpaired) electrons. The van der Waals surface area contributed by atoms with E-state index >= 15 is 0 Å². The molecular formula is C18H18O2. The summed E-state index contributed by atoms with van der Waals surface area (Å²) in [6.07, 6.45) is 2.52. The van der Waals surface area contributed by atoms with E-state index in [9.17, 15) is 5.11 Å². The fourth-order valence-electron chi connectivity index (χ4n) is 3.32. The van der Waals surface area contributed by atoms with E-state index in [1.165, 1.54) is 11.1 Å². The average Bonchev–Trinajstić information content (AvgIpc) is 3.13. The lowest BCUT2D eigenvalue weighted by Gasteiger charge is -2.19. The van der Waals surface area contributed by atoms with Crippen LogP contribution < -0.4 is 0 Å². The highest BCUT2D eigenvalue weighted by molar-refractivity contribution is 5.63. The van der Waals surface area contributed by atoms with Crippen molar-refractivity contribution in [2.45, 2.75) is 31.2 Å². The summed E-state index contributed by atoms with van der Waals surface area (Å²) in [5, 5.41) is 10.5. The van der Waals surface area contributed by atoms with E-state index in [1.54, 1.807) is 0 Å². The molecule has 1 saturated heterocycles. The van der Waals surface area contributed by atoms with Crippen LogP contribution in [0.15, 0.2) is 54.6 Å². The van der Waals surface area contributed by atoms with Crippen LogP contribution in [0.4, 0.5) is 0 Å². The molecule has 0 spiro atoms. The zero-order valence-corrected chi connectivity index (χ0v) is 11.3. The van der Waals surface area contributed by atoms with E-state index in [0.29, 0.717) is 18.1 Å². The van der Waals surface area contributed by atoms with Gasteiger partial charge in [-0.25, -0.2) is 0 Å². The number of hydrogen-bond donors (Lipinski definition) is 1. The zero-order valence-electron chi connectivity index (χ0n) is 11.3. The first-order chi connectivity index (χ1) is 9.81. The van der Waals surface area contributed by atoms with Crippen molar-refractivity contribution in [3.63, 3.8) is 0 Å². The highest BCUT2D eigenvalue weighted by atomic mass is 16.6. The van der Waals surface area contributed by atoms with Gasteiger partial charge in [-0.2, -0.15) is 0 Å². The maximum atomic E-state index is 10.5. The summed E-state index contributed by atoms with van der Waals surface area (Å²) in [6.45, 7) is 0. The van der Waals surface area contributed by atoms with Crippen LogP contribution in [0.1, 0.15) is 24.5 Å². The number of aliphatic hydroxyl groups is 1. The Bertz CT molecular complexity index is 581. The smallest absolute Gasteiger partial charge is 0.0845 e. The standard InChI is InChI=1S/C18H18O2/c19-18(15-10-16-17(11-15)20-16)14-8-6-13(7-9-14)12-4-2-1-3-5-12/h1-9,15-19H,10-11H2/t15-,16-,17+,18-/m0/s1. The molecule has 0 amide bonds. The van der Waals surface area contributed by atoms with Gasteiger partial charge >= 0.3 is 0 Å². The molecule has 1 heterocycles. The predicted octanol–water partition coefficient (Wildman–Crippen LogP) is 3.56. The Balaban J connectivity index is 1.52. The lowest BCUT2D eigenvalue weighted by Crippen LogP contribution is -2.11. The molecule has 1 aliphatic heterocycles. The molecule has 20 heavy (non-hydrogen) atoms. The van der Waals surface area contributed by atoms with Gasteiger partial charge in [0.1, 0.15) is 0 Å². The third-order valence-electron chi connectivity index (χ3n) is 4.56. The van der Waals surface area contributed by atoms with E-state index in [4.69, 9.17) is 4.74 Å². The van der Waals surface area contributed by atoms with Crippen molar-refractivity contribution >= 4 is 0 Å². The van der Waals surface area contributed by atoms with Crippen molar-refractivity contribution in [2.75, 3.05) is 0 Å². The monoisotopic (exact) mass is 266 g/mol. The maximum absolute atomic E-state index is 10.5. The van der Waals surface area contributed by atoms with Crippen LogP contribution in [-0.2, 0) is 4.74 Å². The number of hydrogen-bond acceptors (Lipinski definition) is 2. The van der Waals surface area contributed by atoms with Crippen molar-refractivity contribution in [3.8, 4) is 11.1 Å². The van der Waals surface area contributed by atoms with Crippen LogP contribution in [-0.4, -0.2) is 17.3 Å². The number of rotatable bonds is 3. The number of epoxide rings is 1. The molecule has 1 aliphatic carbocycles. The molecule has 2 aliphatic rings. The van der Waals surface area contributed by atoms with E-state index < -0.39 is 0 Å². The van der Waals surface area contributed by atoms with E-state index in [1.807, 2.05) is 18.2 Å². The summed E-state index contributed by atoms with van der Waals surface area (Å²) in [7, 11) is 0. The Morgan fingerprint density at radius 3 is 2.10 bits per heavy atom. The number of fused-ring (bicyclic) bond motifs is 1. The molecule has 2 aromatic rings. The molecule has 1 N–H and O–H groups in total. The second kappa shape index (κ2) is 4.72. The molecule has 2 fully saturated rings. The number of ether oxygens (including phenoxy) is 1. The molecule has 4 rings (SSSR count). The lowest BCUT2D eigenvalue weighted by atomic mass is 9.92. The summed E-state index contributed by atoms with van der Waals surface area (Å²) in [6, 6.07) is 18.6. The molecule has 0 aromatic heterocycles. The Kier molecular flexibility index (Phi) is 2.86. The third-order valence-corrected chi connectivity index (χ3v) is 4.56. The minimum atomic E-state index is -0.351. The minimum Gasteiger partial charge on any atom is -0.388 e. The molecular weight excluding hydrogens is 248 g/mol. The number of aliphatic hydroxyl groups excluding tert-OH is 1. The van der Waals surface area contributed by atoms with Gasteiger partial charge < -0.3 is 9.84 Å². The van der Waals surface area contributed by atoms with E-state index in [2.05, 4.69) is 36.4 Å². The van der Waals surface area contributed by atoms with Crippen molar-refractivity contribution < 1.29 is 9.84 Å². The van der Waals surface area contributed by atoms with Crippen LogP contribution in [0, 0.1) is 5.92 Å². The summed E-state index contributed by atoms with van der Waals surface area (Å²) >= 11 is 0. The highest BCUT2D eigenvalue weighted by Gasteiger charge is 2.49. The van der Waals surface area contributed by atoms with Gasteiger partial charge in [0.05, 0.1) is 18.3 Å². The fourth-order valence-corrected chi connectivity index (χ4v) is 3.32. The molecule has 2 nitrogen and oxygen atoms in total. The first-order valence-corrected chi connectivity index (χ1v) is 7.30. The van der Waals surface area contributed by atoms with Crippen molar-refractivity contribution in [1.29, 1.82) is 0 Å². The largest absolute Gasteiger partial charge is 0.388 e. The van der Waals surface area contributed by atoms with Crippen LogP contribution >= 0.6 is 0 Å². The second-order valence-electron chi connectivity index (χ2n) is 5.88. The summed E-state index contributed by atoms with van der Waals surface area (Å²) in [4.78, 5) is 0. The third kappa shape index (κ3) is 2.15. The Hall–Kier alpha value is -1.64. The van der Waals surface area contributed by atoms with Crippen LogP contribution in [0.5, 0.6) is 0 Å². The van der Waals surface area contributed by atoms with Gasteiger partial charge in [0.15, 0.2) is 0 Å². The van der Waals surface area contributed by atoms with Gasteiger partial charge in [0, 0.05) is 0 Å². The molecule has 0 unspecified atom stereocenters. The Labute approximate surface area is 119 Å². The quantitative estimate of drug-likeness (QED) is 0.861. The molecule has 0 bridgehead atoms. The lowest BCUT2D eigenvalue weighted by molar-refractivity contribution is 0.0866. The molecule has 2 aromatic carbocycles. The van der Waals surface area contributed by atoms with Gasteiger partial charge in [0.2, 0.25) is 0 Å². The first-order valence-electron chi connectivity index (χ1n) is 7.30. The Morgan fingerprint density at radius 2 is 1.45 bits per heavy atom. The van der Waals surface area contributed by atoms with Crippen molar-refractivity contribution in [2.24, 2.45) is 5.92 Å². The van der Waals surface area contributed by atoms with Gasteiger partial charge in [-0.1, -0.05) is 54.6 Å². The summed E-state index contributed by atoms with van der Waals surface area (Å²) in [5.74, 6) is 0.362. The van der Waals surface area contributed by atoms with Crippen LogP contribution in [0.3, 0.4) is 0 Å². The first kappa shape index (κ1) is 12.1. The van der Waals surface area contributed by atoms with Crippen LogP contribution in [0.25, 0.3) is 11.1 Å². The summed E-state index contributed by atoms with van der Waals surface area (Å²) < 4.78 is 5.43. The minimum absolute atomic E-state index is 0.351. The van der Waals surface area contributed by atoms with Crippen molar-refractivity contribution in [1.82, 2.24) is 0 Å². The molecule has 102 valence electrons. The van der Waals surface area contributed by atoms with E-state index in [-0.39, 0.29) is 6.10 Å². The number of benzene rings is 2. The van der Waals surface area contributed by atoms with Gasteiger partial charge in [-0.15, -0.1) is 0 Å². The van der Waals surface area contributed by atoms with Gasteiger partial charge in [0.25, 0.3) is 0 Å². The fraction of sp³-hybridized carbons (Fsp3) is 0.333. The normalized spacial score (nSPS) is 28.9. The molecule has 2 heteroatoms. The summed E-state index contributed by atoms with van der Waals surface area (Å²) in [5.41, 5.74) is 3.43. The second-order valence-corrected chi connectivity index (χ2v) is 5.88. The van der Waals surface area contributed by atoms with Gasteiger partial charge in [-0.05, 0) is 35.4 Å². The van der Waals surface area contributed by atoms with Gasteiger partial charge in [-0.3, -0.25) is 0 Å². The van der Waals surface area contributed by atoms with Crippen molar-refractivity contribution in [3.05, 3.63) is 60.2 Å².